The van der Waals surface area contributed by atoms with Crippen LogP contribution in [0, 0.1) is 0 Å². The van der Waals surface area contributed by atoms with Gasteiger partial charge in [0, 0.05) is 0 Å². The molecule has 0 spiro atoms. The molecule has 0 aromatic heterocycles. The third kappa shape index (κ3) is 2.66. The highest BCUT2D eigenvalue weighted by Gasteiger charge is 2.17. The Balaban J connectivity index is 3.33. The molecule has 0 saturated heterocycles. The molecular formula is C15H22O. The van der Waals surface area contributed by atoms with Crippen molar-refractivity contribution in [2.45, 2.75) is 46.0 Å². The van der Waals surface area contributed by atoms with Crippen LogP contribution < -0.4 is 0 Å². The molecule has 0 unspecified atom stereocenters. The average Bonchev–Trinajstić information content (AvgIpc) is 2.19. The highest BCUT2D eigenvalue weighted by Crippen LogP contribution is 2.31. The Morgan fingerprint density at radius 2 is 1.81 bits per heavy atom. The van der Waals surface area contributed by atoms with Gasteiger partial charge in [0.2, 0.25) is 0 Å². The van der Waals surface area contributed by atoms with E-state index in [1.54, 1.807) is 0 Å². The zero-order chi connectivity index (χ0) is 12.3. The number of hydrogen-bond donors (Lipinski definition) is 1. The van der Waals surface area contributed by atoms with E-state index in [-0.39, 0.29) is 5.41 Å². The summed E-state index contributed by atoms with van der Waals surface area (Å²) in [5.41, 5.74) is 3.41. The van der Waals surface area contributed by atoms with E-state index < -0.39 is 0 Å². The standard InChI is InChI=1S/C15H22O/c1-6-8-12-10-13(15(3,4)5)9-11(7-2)14(12)16/h6,9-10,16H,1,7-8H2,2-5H3. The summed E-state index contributed by atoms with van der Waals surface area (Å²) in [4.78, 5) is 0. The van der Waals surface area contributed by atoms with Crippen LogP contribution in [0.25, 0.3) is 0 Å². The monoisotopic (exact) mass is 218 g/mol. The Morgan fingerprint density at radius 3 is 2.25 bits per heavy atom. The average molecular weight is 218 g/mol. The van der Waals surface area contributed by atoms with Crippen LogP contribution in [0.3, 0.4) is 0 Å². The van der Waals surface area contributed by atoms with E-state index in [1.807, 2.05) is 6.08 Å². The van der Waals surface area contributed by atoms with Gasteiger partial charge in [-0.2, -0.15) is 0 Å². The molecular weight excluding hydrogens is 196 g/mol. The lowest BCUT2D eigenvalue weighted by Crippen LogP contribution is -2.12. The Bertz CT molecular complexity index is 383. The molecule has 88 valence electrons. The van der Waals surface area contributed by atoms with Gasteiger partial charge in [-0.3, -0.25) is 0 Å². The van der Waals surface area contributed by atoms with E-state index in [2.05, 4.69) is 46.4 Å². The topological polar surface area (TPSA) is 20.2 Å². The van der Waals surface area contributed by atoms with Crippen LogP contribution in [0.2, 0.25) is 0 Å². The summed E-state index contributed by atoms with van der Waals surface area (Å²) in [6, 6.07) is 4.21. The van der Waals surface area contributed by atoms with Gasteiger partial charge in [0.1, 0.15) is 5.75 Å². The Morgan fingerprint density at radius 1 is 1.25 bits per heavy atom. The number of hydrogen-bond acceptors (Lipinski definition) is 1. The van der Waals surface area contributed by atoms with Gasteiger partial charge < -0.3 is 5.11 Å². The van der Waals surface area contributed by atoms with Gasteiger partial charge >= 0.3 is 0 Å². The Labute approximate surface area is 98.8 Å². The molecule has 0 bridgehead atoms. The fourth-order valence-electron chi connectivity index (χ4n) is 1.77. The summed E-state index contributed by atoms with van der Waals surface area (Å²) in [6.45, 7) is 12.4. The third-order valence-electron chi connectivity index (χ3n) is 2.88. The van der Waals surface area contributed by atoms with Crippen molar-refractivity contribution in [3.63, 3.8) is 0 Å². The minimum absolute atomic E-state index is 0.119. The fraction of sp³-hybridized carbons (Fsp3) is 0.467. The molecule has 0 amide bonds. The molecule has 0 saturated carbocycles. The molecule has 0 radical (unpaired) electrons. The van der Waals surface area contributed by atoms with Crippen molar-refractivity contribution >= 4 is 0 Å². The van der Waals surface area contributed by atoms with Crippen molar-refractivity contribution in [2.24, 2.45) is 0 Å². The molecule has 1 aromatic rings. The van der Waals surface area contributed by atoms with E-state index in [1.165, 1.54) is 5.56 Å². The Kier molecular flexibility index (Phi) is 3.79. The predicted octanol–water partition coefficient (Wildman–Crippen LogP) is 3.98. The second-order valence-corrected chi connectivity index (χ2v) is 5.24. The normalized spacial score (nSPS) is 11.5. The van der Waals surface area contributed by atoms with Crippen LogP contribution in [-0.4, -0.2) is 5.11 Å². The van der Waals surface area contributed by atoms with Crippen molar-refractivity contribution in [1.82, 2.24) is 0 Å². The molecule has 1 rings (SSSR count). The van der Waals surface area contributed by atoms with Gasteiger partial charge in [-0.05, 0) is 34.9 Å². The van der Waals surface area contributed by atoms with Crippen LogP contribution in [0.5, 0.6) is 5.75 Å². The molecule has 0 aliphatic carbocycles. The first-order valence-electron chi connectivity index (χ1n) is 5.86. The van der Waals surface area contributed by atoms with Gasteiger partial charge in [-0.15, -0.1) is 6.58 Å². The third-order valence-corrected chi connectivity index (χ3v) is 2.88. The minimum atomic E-state index is 0.119. The molecule has 0 aliphatic heterocycles. The van der Waals surface area contributed by atoms with Crippen molar-refractivity contribution < 1.29 is 5.11 Å². The first-order chi connectivity index (χ1) is 7.40. The van der Waals surface area contributed by atoms with Crippen molar-refractivity contribution in [3.05, 3.63) is 41.5 Å². The number of allylic oxidation sites excluding steroid dienone is 1. The van der Waals surface area contributed by atoms with Gasteiger partial charge in [0.05, 0.1) is 0 Å². The molecule has 0 heterocycles. The smallest absolute Gasteiger partial charge is 0.122 e. The molecule has 16 heavy (non-hydrogen) atoms. The van der Waals surface area contributed by atoms with Crippen molar-refractivity contribution in [3.8, 4) is 5.75 Å². The number of benzene rings is 1. The second kappa shape index (κ2) is 4.73. The molecule has 0 aliphatic rings. The summed E-state index contributed by atoms with van der Waals surface area (Å²) in [5.74, 6) is 0.440. The molecule has 1 nitrogen and oxygen atoms in total. The highest BCUT2D eigenvalue weighted by atomic mass is 16.3. The van der Waals surface area contributed by atoms with E-state index in [0.717, 1.165) is 24.0 Å². The van der Waals surface area contributed by atoms with Gasteiger partial charge in [0.25, 0.3) is 0 Å². The Hall–Kier alpha value is -1.24. The van der Waals surface area contributed by atoms with Crippen LogP contribution in [-0.2, 0) is 18.3 Å². The molecule has 1 N–H and O–H groups in total. The number of rotatable bonds is 3. The van der Waals surface area contributed by atoms with Crippen LogP contribution >= 0.6 is 0 Å². The zero-order valence-corrected chi connectivity index (χ0v) is 10.8. The number of phenolic OH excluding ortho intramolecular Hbond substituents is 1. The summed E-state index contributed by atoms with van der Waals surface area (Å²) >= 11 is 0. The first-order valence-corrected chi connectivity index (χ1v) is 5.86. The maximum Gasteiger partial charge on any atom is 0.122 e. The number of aryl methyl sites for hydroxylation is 1. The van der Waals surface area contributed by atoms with E-state index in [9.17, 15) is 5.11 Å². The van der Waals surface area contributed by atoms with E-state index in [4.69, 9.17) is 0 Å². The van der Waals surface area contributed by atoms with Crippen molar-refractivity contribution in [2.75, 3.05) is 0 Å². The van der Waals surface area contributed by atoms with Crippen LogP contribution in [0.15, 0.2) is 24.8 Å². The number of aromatic hydroxyl groups is 1. The van der Waals surface area contributed by atoms with Gasteiger partial charge in [0.15, 0.2) is 0 Å². The van der Waals surface area contributed by atoms with Gasteiger partial charge in [-0.25, -0.2) is 0 Å². The minimum Gasteiger partial charge on any atom is -0.507 e. The lowest BCUT2D eigenvalue weighted by Gasteiger charge is -2.22. The van der Waals surface area contributed by atoms with Crippen LogP contribution in [0.1, 0.15) is 44.4 Å². The summed E-state index contributed by atoms with van der Waals surface area (Å²) in [7, 11) is 0. The maximum absolute atomic E-state index is 10.1. The quantitative estimate of drug-likeness (QED) is 0.761. The highest BCUT2D eigenvalue weighted by molar-refractivity contribution is 5.46. The van der Waals surface area contributed by atoms with E-state index in [0.29, 0.717) is 5.75 Å². The lowest BCUT2D eigenvalue weighted by atomic mass is 9.84. The predicted molar refractivity (Wildman–Crippen MR) is 70.1 cm³/mol. The molecule has 1 heteroatoms. The largest absolute Gasteiger partial charge is 0.507 e. The molecule has 0 atom stereocenters. The summed E-state index contributed by atoms with van der Waals surface area (Å²) in [5, 5.41) is 10.1. The first kappa shape index (κ1) is 12.8. The zero-order valence-electron chi connectivity index (χ0n) is 10.8. The van der Waals surface area contributed by atoms with E-state index >= 15 is 0 Å². The number of phenols is 1. The summed E-state index contributed by atoms with van der Waals surface area (Å²) < 4.78 is 0. The maximum atomic E-state index is 10.1. The second-order valence-electron chi connectivity index (χ2n) is 5.24. The molecule has 0 fully saturated rings. The molecule has 1 aromatic carbocycles. The fourth-order valence-corrected chi connectivity index (χ4v) is 1.77. The lowest BCUT2D eigenvalue weighted by molar-refractivity contribution is 0.461. The van der Waals surface area contributed by atoms with Gasteiger partial charge in [-0.1, -0.05) is 45.9 Å². The van der Waals surface area contributed by atoms with Crippen molar-refractivity contribution in [1.29, 1.82) is 0 Å². The van der Waals surface area contributed by atoms with Crippen LogP contribution in [0.4, 0.5) is 0 Å². The summed E-state index contributed by atoms with van der Waals surface area (Å²) in [6.07, 6.45) is 3.42. The SMILES string of the molecule is C=CCc1cc(C(C)(C)C)cc(CC)c1O.